The number of hydrogen-bond acceptors (Lipinski definition) is 2. The molecule has 1 radical (unpaired) electrons. The first kappa shape index (κ1) is 10.8. The smallest absolute Gasteiger partial charge is 0.592 e. The van der Waals surface area contributed by atoms with E-state index in [1.54, 1.807) is 30.3 Å². The van der Waals surface area contributed by atoms with Crippen LogP contribution in [0.15, 0.2) is 35.6 Å². The summed E-state index contributed by atoms with van der Waals surface area (Å²) in [6, 6.07) is 8.24. The largest absolute Gasteiger partial charge is 3.00 e. The predicted octanol–water partition coefficient (Wildman–Crippen LogP) is 1.67. The number of hydrogen-bond donors (Lipinski definition) is 1. The maximum Gasteiger partial charge on any atom is 3.00 e. The normalized spacial score (nSPS) is 10.4. The molecule has 0 atom stereocenters. The molecule has 4 nitrogen and oxygen atoms in total. The van der Waals surface area contributed by atoms with Crippen molar-refractivity contribution in [2.24, 2.45) is 5.28 Å². The average molecular weight is 278 g/mol. The quantitative estimate of drug-likeness (QED) is 0.482. The van der Waals surface area contributed by atoms with Crippen LogP contribution in [0.1, 0.15) is 0 Å². The fourth-order valence-corrected chi connectivity index (χ4v) is 0.607. The molecule has 0 aliphatic carbocycles. The van der Waals surface area contributed by atoms with E-state index in [0.29, 0.717) is 5.69 Å². The molecular formula is C6H6CeN2O2+3. The maximum atomic E-state index is 10.5. The third kappa shape index (κ3) is 3.13. The molecule has 0 aromatic heterocycles. The van der Waals surface area contributed by atoms with Gasteiger partial charge in [-0.05, 0) is 4.86 Å². The Balaban J connectivity index is 0.000001000. The first-order valence-corrected chi connectivity index (χ1v) is 2.72. The van der Waals surface area contributed by atoms with Crippen molar-refractivity contribution >= 4 is 5.69 Å². The second kappa shape index (κ2) is 5.45. The van der Waals surface area contributed by atoms with E-state index in [2.05, 4.69) is 5.28 Å². The summed E-state index contributed by atoms with van der Waals surface area (Å²) in [6.45, 7) is 0. The Morgan fingerprint density at radius 3 is 2.27 bits per heavy atom. The summed E-state index contributed by atoms with van der Waals surface area (Å²) in [5.41, 5.74) is 0.310. The topological polar surface area (TPSA) is 58.7 Å². The number of nitrogens with zero attached hydrogens (tertiary/aromatic N) is 2. The van der Waals surface area contributed by atoms with Gasteiger partial charge in [0.1, 0.15) is 0 Å². The molecule has 53 valence electrons. The van der Waals surface area contributed by atoms with E-state index in [-0.39, 0.29) is 46.6 Å². The molecule has 1 rings (SSSR count). The molecule has 0 bridgehead atoms. The van der Waals surface area contributed by atoms with Gasteiger partial charge in [0.15, 0.2) is 0 Å². The van der Waals surface area contributed by atoms with Crippen LogP contribution >= 0.6 is 0 Å². The summed E-state index contributed by atoms with van der Waals surface area (Å²) in [7, 11) is 0. The van der Waals surface area contributed by atoms with E-state index in [4.69, 9.17) is 5.21 Å². The molecule has 1 N–H and O–H groups in total. The van der Waals surface area contributed by atoms with Gasteiger partial charge in [-0.25, -0.2) is 0 Å². The number of rotatable bonds is 1. The first-order chi connectivity index (χ1) is 4.84. The Morgan fingerprint density at radius 2 is 1.82 bits per heavy atom. The van der Waals surface area contributed by atoms with Crippen LogP contribution in [0.2, 0.25) is 0 Å². The molecule has 0 saturated carbocycles. The molecule has 1 aromatic rings. The van der Waals surface area contributed by atoms with E-state index in [0.717, 1.165) is 0 Å². The second-order valence-electron chi connectivity index (χ2n) is 1.70. The number of benzene rings is 1. The zero-order valence-corrected chi connectivity index (χ0v) is 8.78. The minimum absolute atomic E-state index is 0. The van der Waals surface area contributed by atoms with Crippen molar-refractivity contribution in [1.82, 2.24) is 0 Å². The van der Waals surface area contributed by atoms with Crippen molar-refractivity contribution in [2.75, 3.05) is 0 Å². The van der Waals surface area contributed by atoms with Crippen LogP contribution in [0, 0.1) is 47.0 Å². The van der Waals surface area contributed by atoms with Gasteiger partial charge in [0, 0.05) is 12.1 Å². The molecule has 1 aromatic carbocycles. The average Bonchev–Trinajstić information content (AvgIpc) is 2.05. The molecule has 5 heteroatoms. The van der Waals surface area contributed by atoms with Crippen LogP contribution in [-0.2, 0) is 0 Å². The molecule has 11 heavy (non-hydrogen) atoms. The van der Waals surface area contributed by atoms with E-state index in [9.17, 15) is 5.21 Å². The molecule has 0 saturated heterocycles. The standard InChI is InChI=1S/C6H6N2O2.Ce/c9-7-8(10)6-4-2-1-3-5-6;/h1-5,9H;/q;+3/b8-7-;. The fraction of sp³-hybridized carbons (Fsp3) is 0. The van der Waals surface area contributed by atoms with Crippen molar-refractivity contribution in [2.45, 2.75) is 0 Å². The van der Waals surface area contributed by atoms with Crippen LogP contribution in [0.4, 0.5) is 5.69 Å². The van der Waals surface area contributed by atoms with Crippen molar-refractivity contribution in [1.29, 1.82) is 0 Å². The van der Waals surface area contributed by atoms with Gasteiger partial charge >= 0.3 is 41.7 Å². The van der Waals surface area contributed by atoms with Gasteiger partial charge < -0.3 is 10.4 Å². The van der Waals surface area contributed by atoms with E-state index >= 15 is 0 Å². The predicted molar refractivity (Wildman–Crippen MR) is 33.9 cm³/mol. The Bertz CT molecular complexity index is 238. The van der Waals surface area contributed by atoms with Crippen LogP contribution in [0.25, 0.3) is 0 Å². The van der Waals surface area contributed by atoms with Gasteiger partial charge in [-0.1, -0.05) is 18.2 Å². The molecule has 0 fully saturated rings. The molecule has 0 heterocycles. The molecule has 0 aliphatic rings. The summed E-state index contributed by atoms with van der Waals surface area (Å²) >= 11 is 0. The van der Waals surface area contributed by atoms with Crippen molar-refractivity contribution in [3.05, 3.63) is 35.5 Å². The van der Waals surface area contributed by atoms with Crippen molar-refractivity contribution in [3.63, 3.8) is 0 Å². The summed E-state index contributed by atoms with van der Waals surface area (Å²) in [6.07, 6.45) is 0. The van der Waals surface area contributed by atoms with E-state index in [1.807, 2.05) is 0 Å². The van der Waals surface area contributed by atoms with Gasteiger partial charge in [0.25, 0.3) is 0 Å². The van der Waals surface area contributed by atoms with E-state index < -0.39 is 0 Å². The summed E-state index contributed by atoms with van der Waals surface area (Å²) in [5.74, 6) is 0. The van der Waals surface area contributed by atoms with Crippen LogP contribution in [0.5, 0.6) is 0 Å². The molecular weight excluding hydrogens is 272 g/mol. The zero-order chi connectivity index (χ0) is 7.40. The van der Waals surface area contributed by atoms with Crippen molar-refractivity contribution < 1.29 is 51.8 Å². The maximum absolute atomic E-state index is 10.5. The van der Waals surface area contributed by atoms with E-state index in [1.165, 1.54) is 0 Å². The third-order valence-electron chi connectivity index (χ3n) is 1.06. The molecule has 0 amide bonds. The second-order valence-corrected chi connectivity index (χ2v) is 1.70. The SMILES string of the molecule is [Ce+3].[O-]/[N+](=N\O)c1ccccc1. The minimum Gasteiger partial charge on any atom is -0.592 e. The molecule has 0 spiro atoms. The summed E-state index contributed by atoms with van der Waals surface area (Å²) in [4.78, 5) is 0.139. The monoisotopic (exact) mass is 278 g/mol. The fourth-order valence-electron chi connectivity index (χ4n) is 0.607. The van der Waals surface area contributed by atoms with Crippen LogP contribution < -0.4 is 0 Å². The van der Waals surface area contributed by atoms with Gasteiger partial charge in [-0.3, -0.25) is 0 Å². The minimum atomic E-state index is 0. The Hall–Kier alpha value is -0.203. The summed E-state index contributed by atoms with van der Waals surface area (Å²) in [5, 5.41) is 21.0. The Labute approximate surface area is 97.5 Å². The van der Waals surface area contributed by atoms with Crippen LogP contribution in [-0.4, -0.2) is 10.1 Å². The molecule has 0 aliphatic heterocycles. The number of para-hydroxylation sites is 1. The summed E-state index contributed by atoms with van der Waals surface area (Å²) < 4.78 is 0. The Morgan fingerprint density at radius 1 is 1.27 bits per heavy atom. The third-order valence-corrected chi connectivity index (χ3v) is 1.06. The van der Waals surface area contributed by atoms with Gasteiger partial charge in [0.05, 0.1) is 0 Å². The van der Waals surface area contributed by atoms with Gasteiger partial charge in [0.2, 0.25) is 11.0 Å². The van der Waals surface area contributed by atoms with Gasteiger partial charge in [-0.2, -0.15) is 0 Å². The molecule has 0 unspecified atom stereocenters. The van der Waals surface area contributed by atoms with Crippen LogP contribution in [0.3, 0.4) is 0 Å². The zero-order valence-electron chi connectivity index (χ0n) is 5.64. The Kier molecular flexibility index (Phi) is 5.35. The first-order valence-electron chi connectivity index (χ1n) is 2.72. The van der Waals surface area contributed by atoms with Gasteiger partial charge in [-0.15, -0.1) is 0 Å². The van der Waals surface area contributed by atoms with Crippen molar-refractivity contribution in [3.8, 4) is 0 Å².